The molecule has 0 spiro atoms. The van der Waals surface area contributed by atoms with Crippen molar-refractivity contribution in [3.63, 3.8) is 0 Å². The van der Waals surface area contributed by atoms with Gasteiger partial charge in [-0.25, -0.2) is 0 Å². The maximum absolute atomic E-state index is 5.48. The number of thiophene rings is 2. The monoisotopic (exact) mass is 381 g/mol. The van der Waals surface area contributed by atoms with Crippen LogP contribution in [0.1, 0.15) is 16.5 Å². The maximum atomic E-state index is 5.48. The van der Waals surface area contributed by atoms with Gasteiger partial charge in [-0.15, -0.1) is 22.7 Å². The van der Waals surface area contributed by atoms with Crippen LogP contribution >= 0.6 is 38.6 Å². The Bertz CT molecular complexity index is 721. The van der Waals surface area contributed by atoms with Gasteiger partial charge in [0.2, 0.25) is 0 Å². The molecule has 1 atom stereocenters. The smallest absolute Gasteiger partial charge is 0.122 e. The molecule has 0 aliphatic rings. The highest BCUT2D eigenvalue weighted by Gasteiger charge is 2.16. The molecule has 0 saturated heterocycles. The predicted molar refractivity (Wildman–Crippen MR) is 95.9 cm³/mol. The van der Waals surface area contributed by atoms with Crippen LogP contribution in [-0.4, -0.2) is 14.2 Å². The summed E-state index contributed by atoms with van der Waals surface area (Å²) in [5.41, 5.74) is 1.21. The average molecular weight is 382 g/mol. The number of halogens is 1. The van der Waals surface area contributed by atoms with E-state index in [9.17, 15) is 0 Å². The van der Waals surface area contributed by atoms with Crippen molar-refractivity contribution in [3.05, 3.63) is 50.6 Å². The standard InChI is InChI=1S/C16H16BrNOS2/c1-18-12(15-9-16-14(21-15)5-6-20-16)8-10-7-11(17)3-4-13(10)19-2/h3-7,9,12,18H,8H2,1-2H3. The lowest BCUT2D eigenvalue weighted by molar-refractivity contribution is 0.406. The lowest BCUT2D eigenvalue weighted by Crippen LogP contribution is -2.18. The van der Waals surface area contributed by atoms with E-state index in [1.54, 1.807) is 18.4 Å². The molecule has 2 nitrogen and oxygen atoms in total. The molecule has 0 radical (unpaired) electrons. The van der Waals surface area contributed by atoms with Gasteiger partial charge in [0.15, 0.2) is 0 Å². The summed E-state index contributed by atoms with van der Waals surface area (Å²) < 4.78 is 9.31. The van der Waals surface area contributed by atoms with Crippen LogP contribution in [0.5, 0.6) is 5.75 Å². The second-order valence-electron chi connectivity index (χ2n) is 4.80. The van der Waals surface area contributed by atoms with Crippen molar-refractivity contribution in [2.45, 2.75) is 12.5 Å². The summed E-state index contributed by atoms with van der Waals surface area (Å²) in [6, 6.07) is 11.0. The normalized spacial score (nSPS) is 12.7. The average Bonchev–Trinajstić information content (AvgIpc) is 3.06. The Balaban J connectivity index is 1.90. The first-order valence-electron chi connectivity index (χ1n) is 6.68. The van der Waals surface area contributed by atoms with E-state index in [0.29, 0.717) is 6.04 Å². The van der Waals surface area contributed by atoms with Crippen molar-refractivity contribution in [3.8, 4) is 5.75 Å². The van der Waals surface area contributed by atoms with Gasteiger partial charge in [0, 0.05) is 24.8 Å². The molecular formula is C16H16BrNOS2. The minimum atomic E-state index is 0.304. The van der Waals surface area contributed by atoms with E-state index in [4.69, 9.17) is 4.74 Å². The van der Waals surface area contributed by atoms with Gasteiger partial charge >= 0.3 is 0 Å². The highest BCUT2D eigenvalue weighted by atomic mass is 79.9. The van der Waals surface area contributed by atoms with Gasteiger partial charge in [-0.2, -0.15) is 0 Å². The first kappa shape index (κ1) is 15.0. The van der Waals surface area contributed by atoms with Crippen LogP contribution < -0.4 is 10.1 Å². The minimum Gasteiger partial charge on any atom is -0.496 e. The molecule has 110 valence electrons. The third-order valence-electron chi connectivity index (χ3n) is 3.52. The fraction of sp³-hybridized carbons (Fsp3) is 0.250. The second-order valence-corrected chi connectivity index (χ2v) is 7.78. The number of benzene rings is 1. The van der Waals surface area contributed by atoms with Gasteiger partial charge in [0.1, 0.15) is 5.75 Å². The number of rotatable bonds is 5. The van der Waals surface area contributed by atoms with Gasteiger partial charge in [-0.3, -0.25) is 0 Å². The Kier molecular flexibility index (Phi) is 4.64. The summed E-state index contributed by atoms with van der Waals surface area (Å²) in [5.74, 6) is 0.941. The van der Waals surface area contributed by atoms with Crippen molar-refractivity contribution < 1.29 is 4.74 Å². The molecule has 1 unspecified atom stereocenters. The van der Waals surface area contributed by atoms with E-state index in [-0.39, 0.29) is 0 Å². The van der Waals surface area contributed by atoms with Crippen molar-refractivity contribution in [2.24, 2.45) is 0 Å². The molecule has 3 aromatic rings. The van der Waals surface area contributed by atoms with E-state index in [0.717, 1.165) is 16.6 Å². The van der Waals surface area contributed by atoms with E-state index in [1.165, 1.54) is 19.8 Å². The van der Waals surface area contributed by atoms with Crippen LogP contribution in [0.15, 0.2) is 40.2 Å². The third-order valence-corrected chi connectivity index (χ3v) is 6.22. The Labute approximate surface area is 140 Å². The molecular weight excluding hydrogens is 366 g/mol. The summed E-state index contributed by atoms with van der Waals surface area (Å²) >= 11 is 7.22. The lowest BCUT2D eigenvalue weighted by atomic mass is 10.0. The van der Waals surface area contributed by atoms with E-state index >= 15 is 0 Å². The number of hydrogen-bond donors (Lipinski definition) is 1. The second kappa shape index (κ2) is 6.48. The fourth-order valence-electron chi connectivity index (χ4n) is 2.43. The molecule has 2 aromatic heterocycles. The molecule has 1 N–H and O–H groups in total. The molecule has 5 heteroatoms. The fourth-order valence-corrected chi connectivity index (χ4v) is 5.07. The first-order valence-corrected chi connectivity index (χ1v) is 9.17. The van der Waals surface area contributed by atoms with E-state index in [1.807, 2.05) is 30.5 Å². The minimum absolute atomic E-state index is 0.304. The molecule has 0 aliphatic heterocycles. The Hall–Kier alpha value is -0.880. The topological polar surface area (TPSA) is 21.3 Å². The van der Waals surface area contributed by atoms with Crippen LogP contribution in [-0.2, 0) is 6.42 Å². The van der Waals surface area contributed by atoms with Crippen molar-refractivity contribution >= 4 is 48.0 Å². The van der Waals surface area contributed by atoms with Gasteiger partial charge < -0.3 is 10.1 Å². The van der Waals surface area contributed by atoms with Crippen molar-refractivity contribution in [1.29, 1.82) is 0 Å². The zero-order valence-electron chi connectivity index (χ0n) is 11.9. The Morgan fingerprint density at radius 2 is 2.10 bits per heavy atom. The molecule has 0 saturated carbocycles. The van der Waals surface area contributed by atoms with Crippen LogP contribution in [0.4, 0.5) is 0 Å². The van der Waals surface area contributed by atoms with Crippen LogP contribution in [0.25, 0.3) is 9.40 Å². The summed E-state index contributed by atoms with van der Waals surface area (Å²) in [4.78, 5) is 1.38. The SMILES string of the molecule is CNC(Cc1cc(Br)ccc1OC)c1cc2sccc2s1. The summed E-state index contributed by atoms with van der Waals surface area (Å²) in [6.45, 7) is 0. The summed E-state index contributed by atoms with van der Waals surface area (Å²) in [7, 11) is 3.74. The molecule has 0 amide bonds. The maximum Gasteiger partial charge on any atom is 0.122 e. The number of methoxy groups -OCH3 is 1. The Morgan fingerprint density at radius 1 is 1.24 bits per heavy atom. The van der Waals surface area contributed by atoms with Gasteiger partial charge in [0.05, 0.1) is 7.11 Å². The number of hydrogen-bond acceptors (Lipinski definition) is 4. The van der Waals surface area contributed by atoms with E-state index in [2.05, 4.69) is 44.8 Å². The van der Waals surface area contributed by atoms with Crippen LogP contribution in [0, 0.1) is 0 Å². The zero-order chi connectivity index (χ0) is 14.8. The van der Waals surface area contributed by atoms with Crippen LogP contribution in [0.3, 0.4) is 0 Å². The zero-order valence-corrected chi connectivity index (χ0v) is 15.1. The number of likely N-dealkylation sites (N-methyl/N-ethyl adjacent to an activating group) is 1. The Morgan fingerprint density at radius 3 is 2.81 bits per heavy atom. The van der Waals surface area contributed by atoms with Gasteiger partial charge in [-0.1, -0.05) is 15.9 Å². The van der Waals surface area contributed by atoms with Crippen molar-refractivity contribution in [1.82, 2.24) is 5.32 Å². The highest BCUT2D eigenvalue weighted by Crippen LogP contribution is 2.35. The molecule has 3 rings (SSSR count). The molecule has 0 fully saturated rings. The van der Waals surface area contributed by atoms with Gasteiger partial charge in [0.25, 0.3) is 0 Å². The molecule has 2 heterocycles. The number of nitrogens with one attached hydrogen (secondary N) is 1. The highest BCUT2D eigenvalue weighted by molar-refractivity contribution is 9.10. The first-order chi connectivity index (χ1) is 10.2. The third kappa shape index (κ3) is 3.16. The largest absolute Gasteiger partial charge is 0.496 e. The quantitative estimate of drug-likeness (QED) is 0.652. The number of fused-ring (bicyclic) bond motifs is 1. The molecule has 21 heavy (non-hydrogen) atoms. The lowest BCUT2D eigenvalue weighted by Gasteiger charge is -2.17. The van der Waals surface area contributed by atoms with Gasteiger partial charge in [-0.05, 0) is 54.7 Å². The van der Waals surface area contributed by atoms with Crippen LogP contribution in [0.2, 0.25) is 0 Å². The summed E-state index contributed by atoms with van der Waals surface area (Å²) in [5, 5.41) is 5.58. The summed E-state index contributed by atoms with van der Waals surface area (Å²) in [6.07, 6.45) is 0.910. The molecule has 0 bridgehead atoms. The molecule has 0 aliphatic carbocycles. The molecule has 1 aromatic carbocycles. The number of ether oxygens (including phenoxy) is 1. The predicted octanol–water partition coefficient (Wildman–Crippen LogP) is 5.24. The van der Waals surface area contributed by atoms with Crippen molar-refractivity contribution in [2.75, 3.05) is 14.2 Å². The van der Waals surface area contributed by atoms with E-state index < -0.39 is 0 Å².